The first-order chi connectivity index (χ1) is 21.2. The monoisotopic (exact) mass is 747 g/mol. The number of rotatable bonds is 10. The van der Waals surface area contributed by atoms with E-state index < -0.39 is 23.0 Å². The fourth-order valence-electron chi connectivity index (χ4n) is 4.97. The molecule has 2 heterocycles. The van der Waals surface area contributed by atoms with Crippen molar-refractivity contribution >= 4 is 51.9 Å². The molecule has 0 bridgehead atoms. The zero-order valence-electron chi connectivity index (χ0n) is 23.3. The van der Waals surface area contributed by atoms with Gasteiger partial charge in [-0.1, -0.05) is 35.9 Å². The Kier molecular flexibility index (Phi) is 10.6. The fraction of sp³-hybridized carbons (Fsp3) is 0.290. The van der Waals surface area contributed by atoms with Crippen molar-refractivity contribution in [3.8, 4) is 6.07 Å². The van der Waals surface area contributed by atoms with Crippen LogP contribution in [0.15, 0.2) is 90.2 Å². The van der Waals surface area contributed by atoms with Gasteiger partial charge in [0.25, 0.3) is 5.91 Å². The van der Waals surface area contributed by atoms with Gasteiger partial charge >= 0.3 is 0 Å². The number of ether oxygens (including phenoxy) is 2. The minimum absolute atomic E-state index is 0.0346. The molecule has 1 amide bonds. The fourth-order valence-corrected chi connectivity index (χ4v) is 6.95. The van der Waals surface area contributed by atoms with Crippen LogP contribution in [0.4, 0.5) is 4.39 Å². The van der Waals surface area contributed by atoms with Crippen LogP contribution in [0.1, 0.15) is 40.6 Å². The van der Waals surface area contributed by atoms with E-state index >= 15 is 4.39 Å². The second-order valence-corrected chi connectivity index (χ2v) is 13.3. The largest absolute Gasteiger partial charge is 0.382 e. The third-order valence-corrected chi connectivity index (χ3v) is 9.79. The maximum Gasteiger partial charge on any atom is 0.255 e. The average Bonchev–Trinajstić information content (AvgIpc) is 3.53. The van der Waals surface area contributed by atoms with Crippen LogP contribution in [-0.4, -0.2) is 49.5 Å². The molecule has 1 saturated heterocycles. The summed E-state index contributed by atoms with van der Waals surface area (Å²) in [5, 5.41) is 27.6. The number of aliphatic hydroxyl groups is 1. The minimum atomic E-state index is -1.69. The molecule has 0 spiro atoms. The second-order valence-electron chi connectivity index (χ2n) is 10.2. The molecule has 44 heavy (non-hydrogen) atoms. The quantitative estimate of drug-likeness (QED) is 0.199. The standard InChI is InChI=1S/C31H28ClFIN5O4S/c1-2-28(31(41,16-39-18-36-17-37-39)25-10-8-22(34)11-27(25)33)44-24-14-42-30(43-15-24)20-5-3-19(4-6-20)29(40)38-23-9-7-21(13-35)26(32)12-23/h2-6,8,10-12,17-18,24,28,30,41H,1,7,9,14-16H2,(H,38,40)/t24?,28-,30?,31+/m1/s1. The highest BCUT2D eigenvalue weighted by Crippen LogP contribution is 2.40. The van der Waals surface area contributed by atoms with Gasteiger partial charge in [0, 0.05) is 31.5 Å². The van der Waals surface area contributed by atoms with Gasteiger partial charge in [0.15, 0.2) is 6.29 Å². The van der Waals surface area contributed by atoms with Crippen molar-refractivity contribution in [3.05, 3.63) is 116 Å². The summed E-state index contributed by atoms with van der Waals surface area (Å²) < 4.78 is 29.4. The summed E-state index contributed by atoms with van der Waals surface area (Å²) in [6.45, 7) is 4.52. The van der Waals surface area contributed by atoms with E-state index in [1.54, 1.807) is 48.6 Å². The molecular weight excluding hydrogens is 720 g/mol. The molecule has 228 valence electrons. The number of nitrogens with zero attached hydrogens (tertiary/aromatic N) is 4. The van der Waals surface area contributed by atoms with Crippen molar-refractivity contribution < 1.29 is 23.8 Å². The lowest BCUT2D eigenvalue weighted by Gasteiger charge is -2.38. The summed E-state index contributed by atoms with van der Waals surface area (Å²) in [6, 6.07) is 13.7. The van der Waals surface area contributed by atoms with Crippen molar-refractivity contribution in [3.63, 3.8) is 0 Å². The number of carbonyl (C=O) groups is 1. The number of hydrogen-bond acceptors (Lipinski definition) is 8. The van der Waals surface area contributed by atoms with Crippen molar-refractivity contribution in [2.75, 3.05) is 13.2 Å². The maximum atomic E-state index is 15.2. The third kappa shape index (κ3) is 7.42. The summed E-state index contributed by atoms with van der Waals surface area (Å²) in [5.74, 6) is -0.808. The number of amides is 1. The van der Waals surface area contributed by atoms with Crippen LogP contribution in [0.3, 0.4) is 0 Å². The number of aromatic nitrogens is 3. The van der Waals surface area contributed by atoms with Gasteiger partial charge in [0.1, 0.15) is 24.1 Å². The molecule has 0 unspecified atom stereocenters. The van der Waals surface area contributed by atoms with Crippen molar-refractivity contribution in [2.45, 2.75) is 41.8 Å². The van der Waals surface area contributed by atoms with Gasteiger partial charge in [-0.15, -0.1) is 18.3 Å². The molecule has 3 aromatic rings. The van der Waals surface area contributed by atoms with Crippen molar-refractivity contribution in [2.24, 2.45) is 0 Å². The highest BCUT2D eigenvalue weighted by molar-refractivity contribution is 14.1. The van der Waals surface area contributed by atoms with E-state index in [9.17, 15) is 9.90 Å². The zero-order valence-corrected chi connectivity index (χ0v) is 27.1. The number of benzene rings is 2. The highest BCUT2D eigenvalue weighted by atomic mass is 127. The number of allylic oxidation sites excluding steroid dienone is 4. The number of thioether (sulfide) groups is 1. The molecule has 2 atom stereocenters. The normalized spacial score (nSPS) is 20.7. The Bertz CT molecular complexity index is 1620. The number of nitriles is 1. The molecular formula is C31H28ClFIN5O4S. The van der Waals surface area contributed by atoms with E-state index in [0.29, 0.717) is 51.5 Å². The molecule has 1 aromatic heterocycles. The van der Waals surface area contributed by atoms with Crippen LogP contribution in [0, 0.1) is 20.7 Å². The van der Waals surface area contributed by atoms with Crippen LogP contribution < -0.4 is 5.32 Å². The predicted molar refractivity (Wildman–Crippen MR) is 173 cm³/mol. The van der Waals surface area contributed by atoms with E-state index in [4.69, 9.17) is 26.3 Å². The molecule has 0 saturated carbocycles. The lowest BCUT2D eigenvalue weighted by molar-refractivity contribution is -0.180. The van der Waals surface area contributed by atoms with Crippen LogP contribution in [-0.2, 0) is 21.6 Å². The van der Waals surface area contributed by atoms with Crippen LogP contribution in [0.25, 0.3) is 0 Å². The van der Waals surface area contributed by atoms with E-state index in [-0.39, 0.29) is 23.3 Å². The minimum Gasteiger partial charge on any atom is -0.382 e. The Morgan fingerprint density at radius 1 is 1.32 bits per heavy atom. The SMILES string of the molecule is C=C[C@@H](SC1COC(c2ccc(C(=O)NC3=CC(Cl)=C(C#N)CC3)cc2)OC1)[C@](O)(Cn1cncn1)c1ccc(I)cc1F. The van der Waals surface area contributed by atoms with E-state index in [2.05, 4.69) is 28.0 Å². The lowest BCUT2D eigenvalue weighted by Crippen LogP contribution is -2.44. The number of hydrogen-bond donors (Lipinski definition) is 2. The Balaban J connectivity index is 1.22. The summed E-state index contributed by atoms with van der Waals surface area (Å²) in [7, 11) is 0. The molecule has 1 aliphatic carbocycles. The third-order valence-electron chi connectivity index (χ3n) is 7.25. The molecule has 1 aliphatic heterocycles. The summed E-state index contributed by atoms with van der Waals surface area (Å²) in [4.78, 5) is 16.7. The first-order valence-electron chi connectivity index (χ1n) is 13.6. The van der Waals surface area contributed by atoms with Gasteiger partial charge in [0.05, 0.1) is 41.4 Å². The summed E-state index contributed by atoms with van der Waals surface area (Å²) in [5.41, 5.74) is 0.807. The van der Waals surface area contributed by atoms with Gasteiger partial charge in [0.2, 0.25) is 0 Å². The van der Waals surface area contributed by atoms with Gasteiger partial charge < -0.3 is 19.9 Å². The van der Waals surface area contributed by atoms with Gasteiger partial charge in [-0.05, 0) is 65.8 Å². The van der Waals surface area contributed by atoms with E-state index in [1.807, 2.05) is 22.6 Å². The van der Waals surface area contributed by atoms with E-state index in [0.717, 1.165) is 5.56 Å². The number of halogens is 3. The van der Waals surface area contributed by atoms with Crippen molar-refractivity contribution in [1.29, 1.82) is 5.26 Å². The topological polar surface area (TPSA) is 122 Å². The van der Waals surface area contributed by atoms with Crippen LogP contribution >= 0.6 is 46.0 Å². The number of nitrogens with one attached hydrogen (secondary N) is 1. The van der Waals surface area contributed by atoms with Gasteiger partial charge in [-0.2, -0.15) is 10.4 Å². The first-order valence-corrected chi connectivity index (χ1v) is 16.0. The molecule has 0 radical (unpaired) electrons. The Labute approximate surface area is 276 Å². The lowest BCUT2D eigenvalue weighted by atomic mass is 9.89. The second kappa shape index (κ2) is 14.4. The van der Waals surface area contributed by atoms with Gasteiger partial charge in [-0.25, -0.2) is 14.1 Å². The van der Waals surface area contributed by atoms with Crippen LogP contribution in [0.5, 0.6) is 0 Å². The van der Waals surface area contributed by atoms with Gasteiger partial charge in [-0.3, -0.25) is 4.79 Å². The Morgan fingerprint density at radius 2 is 2.07 bits per heavy atom. The van der Waals surface area contributed by atoms with Crippen molar-refractivity contribution in [1.82, 2.24) is 20.1 Å². The van der Waals surface area contributed by atoms with E-state index in [1.165, 1.54) is 35.2 Å². The molecule has 9 nitrogen and oxygen atoms in total. The molecule has 5 rings (SSSR count). The molecule has 2 aromatic carbocycles. The zero-order chi connectivity index (χ0) is 31.3. The number of carbonyl (C=O) groups excluding carboxylic acids is 1. The highest BCUT2D eigenvalue weighted by Gasteiger charge is 2.42. The molecule has 1 fully saturated rings. The summed E-state index contributed by atoms with van der Waals surface area (Å²) >= 11 is 9.52. The van der Waals surface area contributed by atoms with Crippen LogP contribution in [0.2, 0.25) is 0 Å². The average molecular weight is 748 g/mol. The molecule has 13 heteroatoms. The predicted octanol–water partition coefficient (Wildman–Crippen LogP) is 5.74. The molecule has 2 N–H and O–H groups in total. The smallest absolute Gasteiger partial charge is 0.255 e. The first kappa shape index (κ1) is 32.3. The molecule has 2 aliphatic rings. The Morgan fingerprint density at radius 3 is 2.68 bits per heavy atom. The summed E-state index contributed by atoms with van der Waals surface area (Å²) in [6.07, 6.45) is 6.41. The Hall–Kier alpha value is -3.06. The maximum absolute atomic E-state index is 15.2.